The second kappa shape index (κ2) is 3.58. The second-order valence-corrected chi connectivity index (χ2v) is 3.05. The summed E-state index contributed by atoms with van der Waals surface area (Å²) in [6.07, 6.45) is 3.50. The van der Waals surface area contributed by atoms with Gasteiger partial charge in [-0.1, -0.05) is 6.07 Å². The topological polar surface area (TPSA) is 52.0 Å². The van der Waals surface area contributed by atoms with Crippen LogP contribution in [0.5, 0.6) is 0 Å². The first-order valence-electron chi connectivity index (χ1n) is 4.42. The molecule has 0 aliphatic carbocycles. The van der Waals surface area contributed by atoms with Crippen LogP contribution in [0.3, 0.4) is 0 Å². The van der Waals surface area contributed by atoms with E-state index in [2.05, 4.69) is 17.1 Å². The maximum atomic E-state index is 5.43. The van der Waals surface area contributed by atoms with Crippen molar-refractivity contribution in [3.63, 3.8) is 0 Å². The zero-order valence-electron chi connectivity index (χ0n) is 7.36. The lowest BCUT2D eigenvalue weighted by Crippen LogP contribution is -2.00. The Bertz CT molecular complexity index is 394. The Kier molecular flexibility index (Phi) is 2.27. The second-order valence-electron chi connectivity index (χ2n) is 3.05. The zero-order valence-corrected chi connectivity index (χ0v) is 7.36. The Balaban J connectivity index is 2.26. The molecule has 0 radical (unpaired) electrons. The number of nitrogens with zero attached hydrogens (tertiary/aromatic N) is 1. The summed E-state index contributed by atoms with van der Waals surface area (Å²) in [6, 6.07) is 6.06. The maximum absolute atomic E-state index is 5.43. The summed E-state index contributed by atoms with van der Waals surface area (Å²) in [5.74, 6) is 0. The summed E-state index contributed by atoms with van der Waals surface area (Å²) >= 11 is 0. The van der Waals surface area contributed by atoms with Gasteiger partial charge in [0, 0.05) is 0 Å². The van der Waals surface area contributed by atoms with Gasteiger partial charge in [0.05, 0.1) is 0 Å². The van der Waals surface area contributed by atoms with E-state index in [4.69, 9.17) is 10.2 Å². The van der Waals surface area contributed by atoms with Gasteiger partial charge in [0.2, 0.25) is 0 Å². The number of nitrogens with two attached hydrogens (primary N) is 1. The van der Waals surface area contributed by atoms with Crippen molar-refractivity contribution in [1.29, 1.82) is 0 Å². The fourth-order valence-electron chi connectivity index (χ4n) is 1.37. The lowest BCUT2D eigenvalue weighted by molar-refractivity contribution is 0.602. The summed E-state index contributed by atoms with van der Waals surface area (Å²) in [6.45, 7) is 0.733. The number of hydrogen-bond donors (Lipinski definition) is 1. The van der Waals surface area contributed by atoms with E-state index in [0.29, 0.717) is 0 Å². The standard InChI is InChI=1S/C10H12N2O/c11-5-1-2-8-3-4-10-9(6-8)12-7-13-10/h3-4,6-7H,1-2,5,11H2. The number of aromatic nitrogens is 1. The predicted octanol–water partition coefficient (Wildman–Crippen LogP) is 1.72. The zero-order chi connectivity index (χ0) is 9.10. The monoisotopic (exact) mass is 176 g/mol. The normalized spacial score (nSPS) is 10.8. The van der Waals surface area contributed by atoms with Crippen LogP contribution < -0.4 is 5.73 Å². The molecule has 0 atom stereocenters. The van der Waals surface area contributed by atoms with Gasteiger partial charge in [-0.2, -0.15) is 0 Å². The van der Waals surface area contributed by atoms with E-state index >= 15 is 0 Å². The summed E-state index contributed by atoms with van der Waals surface area (Å²) < 4.78 is 5.14. The molecule has 2 aromatic rings. The molecule has 1 aromatic heterocycles. The van der Waals surface area contributed by atoms with Crippen LogP contribution in [-0.4, -0.2) is 11.5 Å². The van der Waals surface area contributed by atoms with Crippen LogP contribution in [0.25, 0.3) is 11.1 Å². The molecule has 1 aromatic carbocycles. The Morgan fingerprint density at radius 1 is 1.38 bits per heavy atom. The Morgan fingerprint density at radius 3 is 3.15 bits per heavy atom. The van der Waals surface area contributed by atoms with Gasteiger partial charge in [0.25, 0.3) is 0 Å². The molecule has 0 fully saturated rings. The SMILES string of the molecule is NCCCc1ccc2ocnc2c1. The molecule has 0 amide bonds. The van der Waals surface area contributed by atoms with Crippen molar-refractivity contribution in [3.05, 3.63) is 30.2 Å². The summed E-state index contributed by atoms with van der Waals surface area (Å²) in [4.78, 5) is 4.09. The van der Waals surface area contributed by atoms with Crippen LogP contribution in [0.2, 0.25) is 0 Å². The fourth-order valence-corrected chi connectivity index (χ4v) is 1.37. The van der Waals surface area contributed by atoms with Crippen LogP contribution in [0.4, 0.5) is 0 Å². The van der Waals surface area contributed by atoms with E-state index in [0.717, 1.165) is 30.5 Å². The van der Waals surface area contributed by atoms with Crippen LogP contribution in [-0.2, 0) is 6.42 Å². The maximum Gasteiger partial charge on any atom is 0.181 e. The average Bonchev–Trinajstić information content (AvgIpc) is 2.61. The van der Waals surface area contributed by atoms with Crippen LogP contribution in [0.15, 0.2) is 29.0 Å². The molecular formula is C10H12N2O. The third kappa shape index (κ3) is 1.70. The largest absolute Gasteiger partial charge is 0.443 e. The first kappa shape index (κ1) is 8.26. The van der Waals surface area contributed by atoms with E-state index in [-0.39, 0.29) is 0 Å². The molecule has 0 saturated heterocycles. The minimum absolute atomic E-state index is 0.733. The molecule has 0 saturated carbocycles. The smallest absolute Gasteiger partial charge is 0.181 e. The van der Waals surface area contributed by atoms with E-state index in [1.54, 1.807) is 0 Å². The summed E-state index contributed by atoms with van der Waals surface area (Å²) in [5.41, 5.74) is 8.47. The summed E-state index contributed by atoms with van der Waals surface area (Å²) in [7, 11) is 0. The molecule has 68 valence electrons. The highest BCUT2D eigenvalue weighted by molar-refractivity contribution is 5.72. The van der Waals surface area contributed by atoms with Crippen molar-refractivity contribution in [3.8, 4) is 0 Å². The van der Waals surface area contributed by atoms with E-state index < -0.39 is 0 Å². The quantitative estimate of drug-likeness (QED) is 0.774. The first-order chi connectivity index (χ1) is 6.40. The van der Waals surface area contributed by atoms with Crippen LogP contribution in [0, 0.1) is 0 Å². The van der Waals surface area contributed by atoms with Gasteiger partial charge in [-0.25, -0.2) is 4.98 Å². The lowest BCUT2D eigenvalue weighted by Gasteiger charge is -1.97. The minimum Gasteiger partial charge on any atom is -0.443 e. The first-order valence-corrected chi connectivity index (χ1v) is 4.42. The molecule has 3 heteroatoms. The van der Waals surface area contributed by atoms with Crippen molar-refractivity contribution in [2.75, 3.05) is 6.54 Å². The summed E-state index contributed by atoms with van der Waals surface area (Å²) in [5, 5.41) is 0. The lowest BCUT2D eigenvalue weighted by atomic mass is 10.1. The van der Waals surface area contributed by atoms with Gasteiger partial charge in [0.1, 0.15) is 5.52 Å². The molecule has 0 bridgehead atoms. The Labute approximate surface area is 76.6 Å². The van der Waals surface area contributed by atoms with Crippen molar-refractivity contribution >= 4 is 11.1 Å². The predicted molar refractivity (Wildman–Crippen MR) is 51.4 cm³/mol. The van der Waals surface area contributed by atoms with Gasteiger partial charge >= 0.3 is 0 Å². The van der Waals surface area contributed by atoms with Crippen molar-refractivity contribution in [2.24, 2.45) is 5.73 Å². The molecule has 0 spiro atoms. The highest BCUT2D eigenvalue weighted by Gasteiger charge is 1.99. The van der Waals surface area contributed by atoms with Gasteiger partial charge in [-0.3, -0.25) is 0 Å². The number of benzene rings is 1. The third-order valence-corrected chi connectivity index (χ3v) is 2.06. The van der Waals surface area contributed by atoms with Gasteiger partial charge < -0.3 is 10.2 Å². The number of aryl methyl sites for hydroxylation is 1. The van der Waals surface area contributed by atoms with Crippen molar-refractivity contribution < 1.29 is 4.42 Å². The van der Waals surface area contributed by atoms with Crippen molar-refractivity contribution in [2.45, 2.75) is 12.8 Å². The molecular weight excluding hydrogens is 164 g/mol. The Hall–Kier alpha value is -1.35. The molecule has 0 aliphatic rings. The molecule has 2 rings (SSSR count). The molecule has 0 unspecified atom stereocenters. The van der Waals surface area contributed by atoms with Crippen LogP contribution in [0.1, 0.15) is 12.0 Å². The van der Waals surface area contributed by atoms with E-state index in [1.165, 1.54) is 12.0 Å². The average molecular weight is 176 g/mol. The molecule has 1 heterocycles. The molecule has 13 heavy (non-hydrogen) atoms. The Morgan fingerprint density at radius 2 is 2.31 bits per heavy atom. The number of fused-ring (bicyclic) bond motifs is 1. The highest BCUT2D eigenvalue weighted by Crippen LogP contribution is 2.14. The minimum atomic E-state index is 0.733. The number of oxazole rings is 1. The van der Waals surface area contributed by atoms with Gasteiger partial charge in [0.15, 0.2) is 12.0 Å². The number of rotatable bonds is 3. The van der Waals surface area contributed by atoms with Crippen molar-refractivity contribution in [1.82, 2.24) is 4.98 Å². The van der Waals surface area contributed by atoms with Gasteiger partial charge in [-0.05, 0) is 37.1 Å². The number of hydrogen-bond acceptors (Lipinski definition) is 3. The molecule has 2 N–H and O–H groups in total. The van der Waals surface area contributed by atoms with E-state index in [1.807, 2.05) is 6.07 Å². The van der Waals surface area contributed by atoms with Crippen LogP contribution >= 0.6 is 0 Å². The molecule has 3 nitrogen and oxygen atoms in total. The molecule has 0 aliphatic heterocycles. The fraction of sp³-hybridized carbons (Fsp3) is 0.300. The van der Waals surface area contributed by atoms with Gasteiger partial charge in [-0.15, -0.1) is 0 Å². The van der Waals surface area contributed by atoms with E-state index in [9.17, 15) is 0 Å². The third-order valence-electron chi connectivity index (χ3n) is 2.06. The highest BCUT2D eigenvalue weighted by atomic mass is 16.3.